The van der Waals surface area contributed by atoms with Crippen molar-refractivity contribution < 1.29 is 0 Å². The molecule has 1 aliphatic heterocycles. The highest BCUT2D eigenvalue weighted by Crippen LogP contribution is 2.25. The fourth-order valence-corrected chi connectivity index (χ4v) is 3.02. The predicted molar refractivity (Wildman–Crippen MR) is 84.0 cm³/mol. The maximum absolute atomic E-state index is 3.60. The van der Waals surface area contributed by atoms with Crippen LogP contribution in [0.4, 0.5) is 5.69 Å². The molecule has 0 bridgehead atoms. The summed E-state index contributed by atoms with van der Waals surface area (Å²) in [7, 11) is 0. The molecule has 1 saturated heterocycles. The van der Waals surface area contributed by atoms with Crippen molar-refractivity contribution >= 4 is 5.69 Å². The number of hydrogen-bond acceptors (Lipinski definition) is 2. The van der Waals surface area contributed by atoms with E-state index in [0.717, 1.165) is 12.5 Å². The van der Waals surface area contributed by atoms with Crippen LogP contribution in [0.3, 0.4) is 0 Å². The van der Waals surface area contributed by atoms with Gasteiger partial charge in [-0.1, -0.05) is 39.8 Å². The van der Waals surface area contributed by atoms with E-state index >= 15 is 0 Å². The Morgan fingerprint density at radius 2 is 1.95 bits per heavy atom. The number of rotatable bonds is 4. The normalized spacial score (nSPS) is 23.9. The molecule has 2 atom stereocenters. The second kappa shape index (κ2) is 6.42. The summed E-state index contributed by atoms with van der Waals surface area (Å²) in [4.78, 5) is 2.53. The minimum Gasteiger partial charge on any atom is -0.371 e. The molecule has 0 aliphatic carbocycles. The molecule has 106 valence electrons. The highest BCUT2D eigenvalue weighted by atomic mass is 15.2. The quantitative estimate of drug-likeness (QED) is 0.889. The van der Waals surface area contributed by atoms with Gasteiger partial charge in [0.1, 0.15) is 0 Å². The number of nitrogens with one attached hydrogen (secondary N) is 1. The summed E-state index contributed by atoms with van der Waals surface area (Å²) in [5.74, 6) is 1.34. The smallest absolute Gasteiger partial charge is 0.0366 e. The molecule has 0 saturated carbocycles. The third kappa shape index (κ3) is 3.50. The molecule has 1 N–H and O–H groups in total. The van der Waals surface area contributed by atoms with Crippen molar-refractivity contribution in [3.05, 3.63) is 29.8 Å². The van der Waals surface area contributed by atoms with E-state index in [1.165, 1.54) is 30.8 Å². The number of benzene rings is 1. The van der Waals surface area contributed by atoms with E-state index in [-0.39, 0.29) is 0 Å². The lowest BCUT2D eigenvalue weighted by molar-refractivity contribution is 0.327. The molecule has 2 heteroatoms. The maximum Gasteiger partial charge on any atom is 0.0366 e. The number of hydrogen-bond donors (Lipinski definition) is 1. The van der Waals surface area contributed by atoms with Crippen LogP contribution in [0.15, 0.2) is 24.3 Å². The second-order valence-corrected chi connectivity index (χ2v) is 6.12. The van der Waals surface area contributed by atoms with Crippen LogP contribution in [-0.4, -0.2) is 25.7 Å². The van der Waals surface area contributed by atoms with Crippen LogP contribution < -0.4 is 10.2 Å². The average molecular weight is 260 g/mol. The van der Waals surface area contributed by atoms with Gasteiger partial charge in [0.2, 0.25) is 0 Å². The van der Waals surface area contributed by atoms with Gasteiger partial charge in [0, 0.05) is 24.8 Å². The van der Waals surface area contributed by atoms with Crippen LogP contribution in [0.25, 0.3) is 0 Å². The molecule has 1 aliphatic rings. The number of nitrogens with zero attached hydrogens (tertiary/aromatic N) is 1. The second-order valence-electron chi connectivity index (χ2n) is 6.12. The van der Waals surface area contributed by atoms with Crippen molar-refractivity contribution in [2.75, 3.05) is 24.5 Å². The first-order valence-electron chi connectivity index (χ1n) is 7.70. The summed E-state index contributed by atoms with van der Waals surface area (Å²) < 4.78 is 0. The summed E-state index contributed by atoms with van der Waals surface area (Å²) in [6.45, 7) is 12.5. The van der Waals surface area contributed by atoms with Crippen molar-refractivity contribution in [1.82, 2.24) is 5.32 Å². The summed E-state index contributed by atoms with van der Waals surface area (Å²) in [5, 5.41) is 3.60. The zero-order valence-electron chi connectivity index (χ0n) is 12.8. The maximum atomic E-state index is 3.60. The zero-order valence-corrected chi connectivity index (χ0v) is 12.8. The fourth-order valence-electron chi connectivity index (χ4n) is 3.02. The predicted octanol–water partition coefficient (Wildman–Crippen LogP) is 3.63. The third-order valence-electron chi connectivity index (χ3n) is 4.30. The van der Waals surface area contributed by atoms with Crippen LogP contribution in [-0.2, 0) is 0 Å². The molecular formula is C17H28N2. The van der Waals surface area contributed by atoms with Gasteiger partial charge in [-0.3, -0.25) is 0 Å². The Bertz CT molecular complexity index is 383. The Kier molecular flexibility index (Phi) is 4.87. The summed E-state index contributed by atoms with van der Waals surface area (Å²) >= 11 is 0. The molecule has 1 fully saturated rings. The minimum atomic E-state index is 0.618. The molecule has 1 heterocycles. The number of anilines is 1. The molecule has 0 amide bonds. The van der Waals surface area contributed by atoms with E-state index < -0.39 is 0 Å². The lowest BCUT2D eigenvalue weighted by Gasteiger charge is -2.38. The highest BCUT2D eigenvalue weighted by Gasteiger charge is 2.25. The molecule has 2 nitrogen and oxygen atoms in total. The van der Waals surface area contributed by atoms with Gasteiger partial charge >= 0.3 is 0 Å². The largest absolute Gasteiger partial charge is 0.371 e. The van der Waals surface area contributed by atoms with Crippen molar-refractivity contribution in [3.8, 4) is 0 Å². The molecule has 2 rings (SSSR count). The van der Waals surface area contributed by atoms with E-state index in [9.17, 15) is 0 Å². The first-order valence-corrected chi connectivity index (χ1v) is 7.70. The minimum absolute atomic E-state index is 0.618. The Balaban J connectivity index is 2.00. The first-order chi connectivity index (χ1) is 9.11. The summed E-state index contributed by atoms with van der Waals surface area (Å²) in [6.07, 6.45) is 1.25. The topological polar surface area (TPSA) is 15.3 Å². The molecule has 0 radical (unpaired) electrons. The van der Waals surface area contributed by atoms with Gasteiger partial charge in [-0.25, -0.2) is 0 Å². The Hall–Kier alpha value is -1.02. The third-order valence-corrected chi connectivity index (χ3v) is 4.30. The van der Waals surface area contributed by atoms with Crippen molar-refractivity contribution in [1.29, 1.82) is 0 Å². The Labute approximate surface area is 118 Å². The van der Waals surface area contributed by atoms with Gasteiger partial charge < -0.3 is 10.2 Å². The van der Waals surface area contributed by atoms with Gasteiger partial charge in [0.05, 0.1) is 0 Å². The van der Waals surface area contributed by atoms with E-state index in [1.807, 2.05) is 0 Å². The molecule has 2 unspecified atom stereocenters. The van der Waals surface area contributed by atoms with Crippen LogP contribution in [0, 0.1) is 5.92 Å². The van der Waals surface area contributed by atoms with Crippen molar-refractivity contribution in [2.45, 2.75) is 46.1 Å². The lowest BCUT2D eigenvalue weighted by Crippen LogP contribution is -2.48. The van der Waals surface area contributed by atoms with Gasteiger partial charge in [0.15, 0.2) is 0 Å². The van der Waals surface area contributed by atoms with Crippen molar-refractivity contribution in [2.24, 2.45) is 5.92 Å². The molecule has 1 aromatic rings. The van der Waals surface area contributed by atoms with Gasteiger partial charge in [-0.05, 0) is 42.5 Å². The van der Waals surface area contributed by atoms with E-state index in [2.05, 4.69) is 62.2 Å². The van der Waals surface area contributed by atoms with Crippen LogP contribution >= 0.6 is 0 Å². The monoisotopic (exact) mass is 260 g/mol. The summed E-state index contributed by atoms with van der Waals surface area (Å²) in [6, 6.07) is 9.82. The number of piperidine rings is 1. The molecular weight excluding hydrogens is 232 g/mol. The fraction of sp³-hybridized carbons (Fsp3) is 0.647. The van der Waals surface area contributed by atoms with Gasteiger partial charge in [-0.15, -0.1) is 0 Å². The Morgan fingerprint density at radius 3 is 2.47 bits per heavy atom. The van der Waals surface area contributed by atoms with Crippen LogP contribution in [0.1, 0.15) is 45.6 Å². The standard InChI is InChI=1S/C17H28N2/c1-5-18-17-10-11-19(12-14(17)4)16-8-6-15(7-9-16)13(2)3/h6-9,13-14,17-18H,5,10-12H2,1-4H3. The van der Waals surface area contributed by atoms with Crippen molar-refractivity contribution in [3.63, 3.8) is 0 Å². The molecule has 0 aromatic heterocycles. The van der Waals surface area contributed by atoms with Crippen LogP contribution in [0.5, 0.6) is 0 Å². The van der Waals surface area contributed by atoms with Crippen LogP contribution in [0.2, 0.25) is 0 Å². The summed E-state index contributed by atoms with van der Waals surface area (Å²) in [5.41, 5.74) is 2.81. The molecule has 1 aromatic carbocycles. The van der Waals surface area contributed by atoms with E-state index in [4.69, 9.17) is 0 Å². The molecule has 19 heavy (non-hydrogen) atoms. The lowest BCUT2D eigenvalue weighted by atomic mass is 9.93. The van der Waals surface area contributed by atoms with Gasteiger partial charge in [-0.2, -0.15) is 0 Å². The van der Waals surface area contributed by atoms with Gasteiger partial charge in [0.25, 0.3) is 0 Å². The highest BCUT2D eigenvalue weighted by molar-refractivity contribution is 5.48. The average Bonchev–Trinajstić information content (AvgIpc) is 2.41. The van der Waals surface area contributed by atoms with E-state index in [1.54, 1.807) is 0 Å². The first kappa shape index (κ1) is 14.4. The zero-order chi connectivity index (χ0) is 13.8. The van der Waals surface area contributed by atoms with E-state index in [0.29, 0.717) is 12.0 Å². The Morgan fingerprint density at radius 1 is 1.26 bits per heavy atom. The SMILES string of the molecule is CCNC1CCN(c2ccc(C(C)C)cc2)CC1C. The molecule has 0 spiro atoms.